The molecule has 3 heteroatoms. The molecule has 0 spiro atoms. The van der Waals surface area contributed by atoms with Crippen molar-refractivity contribution >= 4 is 0 Å². The van der Waals surface area contributed by atoms with Crippen LogP contribution in [0.25, 0.3) is 0 Å². The van der Waals surface area contributed by atoms with Crippen LogP contribution in [0.1, 0.15) is 38.2 Å². The van der Waals surface area contributed by atoms with Crippen molar-refractivity contribution in [1.82, 2.24) is 0 Å². The van der Waals surface area contributed by atoms with Crippen molar-refractivity contribution in [1.29, 1.82) is 0 Å². The molecule has 1 N–H and O–H groups in total. The molecule has 0 aliphatic rings. The van der Waals surface area contributed by atoms with Crippen molar-refractivity contribution in [3.05, 3.63) is 35.6 Å². The molecule has 1 aromatic carbocycles. The maximum Gasteiger partial charge on any atom is 0.123 e. The summed E-state index contributed by atoms with van der Waals surface area (Å²) in [4.78, 5) is 0. The van der Waals surface area contributed by atoms with E-state index in [0.717, 1.165) is 18.4 Å². The Morgan fingerprint density at radius 2 is 2.12 bits per heavy atom. The summed E-state index contributed by atoms with van der Waals surface area (Å²) in [6, 6.07) is 6.43. The van der Waals surface area contributed by atoms with Gasteiger partial charge >= 0.3 is 0 Å². The quantitative estimate of drug-likeness (QED) is 0.828. The Bertz CT molecular complexity index is 350. The first-order chi connectivity index (χ1) is 7.98. The third-order valence-corrected chi connectivity index (χ3v) is 3.19. The fourth-order valence-electron chi connectivity index (χ4n) is 1.75. The van der Waals surface area contributed by atoms with Crippen LogP contribution >= 0.6 is 0 Å². The van der Waals surface area contributed by atoms with E-state index in [9.17, 15) is 9.50 Å². The van der Waals surface area contributed by atoms with Crippen LogP contribution in [0.3, 0.4) is 0 Å². The van der Waals surface area contributed by atoms with E-state index in [1.165, 1.54) is 12.1 Å². The second-order valence-corrected chi connectivity index (χ2v) is 4.94. The number of hydrogen-bond donors (Lipinski definition) is 1. The minimum atomic E-state index is -0.257. The highest BCUT2D eigenvalue weighted by Gasteiger charge is 2.20. The highest BCUT2D eigenvalue weighted by Crippen LogP contribution is 2.26. The van der Waals surface area contributed by atoms with Crippen LogP contribution in [0.15, 0.2) is 24.3 Å². The lowest BCUT2D eigenvalue weighted by atomic mass is 9.90. The molecule has 0 heterocycles. The van der Waals surface area contributed by atoms with Gasteiger partial charge in [0.15, 0.2) is 0 Å². The van der Waals surface area contributed by atoms with Crippen molar-refractivity contribution in [3.8, 4) is 0 Å². The van der Waals surface area contributed by atoms with Crippen molar-refractivity contribution in [2.24, 2.45) is 0 Å². The molecular weight excluding hydrogens is 219 g/mol. The highest BCUT2D eigenvalue weighted by molar-refractivity contribution is 5.20. The Morgan fingerprint density at radius 3 is 2.65 bits per heavy atom. The topological polar surface area (TPSA) is 29.5 Å². The Balaban J connectivity index is 2.66. The maximum atomic E-state index is 13.1. The highest BCUT2D eigenvalue weighted by atomic mass is 19.1. The van der Waals surface area contributed by atoms with Crippen LogP contribution in [-0.4, -0.2) is 24.4 Å². The van der Waals surface area contributed by atoms with Gasteiger partial charge in [0.2, 0.25) is 0 Å². The summed E-state index contributed by atoms with van der Waals surface area (Å²) < 4.78 is 18.4. The summed E-state index contributed by atoms with van der Waals surface area (Å²) in [5.74, 6) is -0.285. The summed E-state index contributed by atoms with van der Waals surface area (Å²) in [6.07, 6.45) is 1.60. The van der Waals surface area contributed by atoms with Gasteiger partial charge in [0.25, 0.3) is 0 Å². The average molecular weight is 240 g/mol. The van der Waals surface area contributed by atoms with E-state index in [2.05, 4.69) is 0 Å². The van der Waals surface area contributed by atoms with Crippen molar-refractivity contribution in [3.63, 3.8) is 0 Å². The van der Waals surface area contributed by atoms with Crippen LogP contribution in [0.5, 0.6) is 0 Å². The molecule has 0 aliphatic heterocycles. The molecule has 0 bridgehead atoms. The summed E-state index contributed by atoms with van der Waals surface area (Å²) in [5.41, 5.74) is 0.639. The molecule has 1 aromatic rings. The molecule has 1 unspecified atom stereocenters. The van der Waals surface area contributed by atoms with Crippen LogP contribution < -0.4 is 0 Å². The van der Waals surface area contributed by atoms with Gasteiger partial charge in [-0.15, -0.1) is 0 Å². The fourth-order valence-corrected chi connectivity index (χ4v) is 1.75. The third kappa shape index (κ3) is 4.44. The Kier molecular flexibility index (Phi) is 5.09. The lowest BCUT2D eigenvalue weighted by molar-refractivity contribution is 0.0111. The Labute approximate surface area is 102 Å². The number of rotatable bonds is 6. The molecule has 0 aromatic heterocycles. The number of aliphatic hydroxyl groups is 1. The molecule has 17 heavy (non-hydrogen) atoms. The maximum absolute atomic E-state index is 13.1. The lowest BCUT2D eigenvalue weighted by Crippen LogP contribution is -2.23. The van der Waals surface area contributed by atoms with Gasteiger partial charge in [-0.3, -0.25) is 0 Å². The number of hydrogen-bond acceptors (Lipinski definition) is 2. The van der Waals surface area contributed by atoms with Gasteiger partial charge in [0.1, 0.15) is 5.82 Å². The van der Waals surface area contributed by atoms with Crippen LogP contribution in [0.4, 0.5) is 4.39 Å². The zero-order valence-electron chi connectivity index (χ0n) is 10.7. The monoisotopic (exact) mass is 240 g/mol. The molecule has 0 saturated heterocycles. The van der Waals surface area contributed by atoms with E-state index in [1.807, 2.05) is 19.9 Å². The SMILES string of the molecule is COC(C)(C)CCC(CO)c1cccc(F)c1. The first-order valence-electron chi connectivity index (χ1n) is 5.90. The van der Waals surface area contributed by atoms with Gasteiger partial charge < -0.3 is 9.84 Å². The normalized spacial score (nSPS) is 13.7. The number of ether oxygens (including phenoxy) is 1. The average Bonchev–Trinajstić information content (AvgIpc) is 2.30. The summed E-state index contributed by atoms with van der Waals surface area (Å²) in [6.45, 7) is 4.04. The smallest absolute Gasteiger partial charge is 0.123 e. The Hall–Kier alpha value is -0.930. The first kappa shape index (κ1) is 14.1. The molecule has 0 aliphatic carbocycles. The summed E-state index contributed by atoms with van der Waals surface area (Å²) >= 11 is 0. The second-order valence-electron chi connectivity index (χ2n) is 4.94. The minimum absolute atomic E-state index is 0.0277. The largest absolute Gasteiger partial charge is 0.396 e. The van der Waals surface area contributed by atoms with E-state index < -0.39 is 0 Å². The molecule has 0 saturated carbocycles. The summed E-state index contributed by atoms with van der Waals surface area (Å²) in [7, 11) is 1.68. The zero-order chi connectivity index (χ0) is 12.9. The van der Waals surface area contributed by atoms with Crippen LogP contribution in [0, 0.1) is 5.82 Å². The van der Waals surface area contributed by atoms with Crippen molar-refractivity contribution in [2.75, 3.05) is 13.7 Å². The number of halogens is 1. The Morgan fingerprint density at radius 1 is 1.41 bits per heavy atom. The predicted molar refractivity (Wildman–Crippen MR) is 66.5 cm³/mol. The van der Waals surface area contributed by atoms with Gasteiger partial charge in [0, 0.05) is 19.6 Å². The predicted octanol–water partition coefficient (Wildman–Crippen LogP) is 3.11. The number of methoxy groups -OCH3 is 1. The second kappa shape index (κ2) is 6.12. The van der Waals surface area contributed by atoms with Gasteiger partial charge in [-0.1, -0.05) is 12.1 Å². The van der Waals surface area contributed by atoms with E-state index in [1.54, 1.807) is 13.2 Å². The van der Waals surface area contributed by atoms with Gasteiger partial charge in [-0.05, 0) is 44.4 Å². The molecule has 1 rings (SSSR count). The number of aliphatic hydroxyl groups excluding tert-OH is 1. The van der Waals surface area contributed by atoms with Crippen molar-refractivity contribution in [2.45, 2.75) is 38.2 Å². The van der Waals surface area contributed by atoms with E-state index in [-0.39, 0.29) is 23.9 Å². The van der Waals surface area contributed by atoms with Gasteiger partial charge in [-0.25, -0.2) is 4.39 Å². The van der Waals surface area contributed by atoms with Gasteiger partial charge in [0.05, 0.1) is 5.60 Å². The fraction of sp³-hybridized carbons (Fsp3) is 0.571. The number of benzene rings is 1. The van der Waals surface area contributed by atoms with E-state index >= 15 is 0 Å². The van der Waals surface area contributed by atoms with Crippen LogP contribution in [-0.2, 0) is 4.74 Å². The zero-order valence-corrected chi connectivity index (χ0v) is 10.7. The molecule has 0 fully saturated rings. The molecule has 0 radical (unpaired) electrons. The summed E-state index contributed by atoms with van der Waals surface area (Å²) in [5, 5.41) is 9.38. The standard InChI is InChI=1S/C14H21FO2/c1-14(2,17-3)8-7-12(10-16)11-5-4-6-13(15)9-11/h4-6,9,12,16H,7-8,10H2,1-3H3. The molecule has 0 amide bonds. The lowest BCUT2D eigenvalue weighted by Gasteiger charge is -2.25. The van der Waals surface area contributed by atoms with E-state index in [0.29, 0.717) is 0 Å². The van der Waals surface area contributed by atoms with Crippen molar-refractivity contribution < 1.29 is 14.2 Å². The van der Waals surface area contributed by atoms with Gasteiger partial charge in [-0.2, -0.15) is 0 Å². The first-order valence-corrected chi connectivity index (χ1v) is 5.90. The molecule has 1 atom stereocenters. The molecule has 96 valence electrons. The minimum Gasteiger partial charge on any atom is -0.396 e. The van der Waals surface area contributed by atoms with Crippen LogP contribution in [0.2, 0.25) is 0 Å². The van der Waals surface area contributed by atoms with E-state index in [4.69, 9.17) is 4.74 Å². The molecular formula is C14H21FO2. The third-order valence-electron chi connectivity index (χ3n) is 3.19. The molecule has 2 nitrogen and oxygen atoms in total.